The van der Waals surface area contributed by atoms with Crippen molar-refractivity contribution in [2.24, 2.45) is 0 Å². The molecule has 0 bridgehead atoms. The predicted molar refractivity (Wildman–Crippen MR) is 67.3 cm³/mol. The standard InChI is InChI=1S/C13H24N2O/c1-13(2,3)14-10-9-12(16)15-11-7-5-4-6-8-11/h4-5,11,14H,6-10H2,1-3H3,(H,15,16). The van der Waals surface area contributed by atoms with Crippen LogP contribution in [0.1, 0.15) is 46.5 Å². The molecule has 0 aromatic carbocycles. The smallest absolute Gasteiger partial charge is 0.221 e. The lowest BCUT2D eigenvalue weighted by Crippen LogP contribution is -2.40. The molecule has 2 N–H and O–H groups in total. The van der Waals surface area contributed by atoms with Crippen molar-refractivity contribution < 1.29 is 4.79 Å². The Morgan fingerprint density at radius 3 is 2.69 bits per heavy atom. The van der Waals surface area contributed by atoms with Crippen molar-refractivity contribution in [2.75, 3.05) is 6.54 Å². The SMILES string of the molecule is CC(C)(C)NCCC(=O)NC1CC=CCC1. The van der Waals surface area contributed by atoms with Crippen LogP contribution in [0.3, 0.4) is 0 Å². The summed E-state index contributed by atoms with van der Waals surface area (Å²) < 4.78 is 0. The third-order valence-corrected chi connectivity index (χ3v) is 2.64. The zero-order chi connectivity index (χ0) is 12.0. The van der Waals surface area contributed by atoms with Crippen LogP contribution in [0.25, 0.3) is 0 Å². The molecular weight excluding hydrogens is 200 g/mol. The second-order valence-corrected chi connectivity index (χ2v) is 5.48. The van der Waals surface area contributed by atoms with Gasteiger partial charge in [-0.25, -0.2) is 0 Å². The van der Waals surface area contributed by atoms with Crippen molar-refractivity contribution in [2.45, 2.75) is 58.0 Å². The van der Waals surface area contributed by atoms with Crippen molar-refractivity contribution in [3.63, 3.8) is 0 Å². The van der Waals surface area contributed by atoms with E-state index >= 15 is 0 Å². The van der Waals surface area contributed by atoms with Crippen molar-refractivity contribution in [1.82, 2.24) is 10.6 Å². The molecule has 0 saturated carbocycles. The lowest BCUT2D eigenvalue weighted by molar-refractivity contribution is -0.121. The van der Waals surface area contributed by atoms with Crippen molar-refractivity contribution in [3.8, 4) is 0 Å². The van der Waals surface area contributed by atoms with Crippen LogP contribution in [-0.2, 0) is 4.79 Å². The van der Waals surface area contributed by atoms with Gasteiger partial charge in [0.05, 0.1) is 0 Å². The van der Waals surface area contributed by atoms with Crippen LogP contribution in [0.2, 0.25) is 0 Å². The summed E-state index contributed by atoms with van der Waals surface area (Å²) in [6, 6.07) is 0.354. The van der Waals surface area contributed by atoms with E-state index in [-0.39, 0.29) is 11.4 Å². The minimum Gasteiger partial charge on any atom is -0.353 e. The normalized spacial score (nSPS) is 20.8. The summed E-state index contributed by atoms with van der Waals surface area (Å²) in [6.45, 7) is 7.07. The molecule has 0 saturated heterocycles. The molecule has 0 spiro atoms. The summed E-state index contributed by atoms with van der Waals surface area (Å²) in [5.74, 6) is 0.164. The van der Waals surface area contributed by atoms with E-state index in [1.165, 1.54) is 0 Å². The van der Waals surface area contributed by atoms with Crippen LogP contribution in [0.15, 0.2) is 12.2 Å². The van der Waals surface area contributed by atoms with E-state index in [1.54, 1.807) is 0 Å². The zero-order valence-corrected chi connectivity index (χ0v) is 10.7. The maximum absolute atomic E-state index is 11.6. The van der Waals surface area contributed by atoms with E-state index in [2.05, 4.69) is 43.6 Å². The molecule has 3 heteroatoms. The summed E-state index contributed by atoms with van der Waals surface area (Å²) in [5.41, 5.74) is 0.0911. The fourth-order valence-electron chi connectivity index (χ4n) is 1.78. The largest absolute Gasteiger partial charge is 0.353 e. The summed E-state index contributed by atoms with van der Waals surface area (Å²) >= 11 is 0. The Morgan fingerprint density at radius 1 is 1.38 bits per heavy atom. The number of allylic oxidation sites excluding steroid dienone is 1. The van der Waals surface area contributed by atoms with Crippen LogP contribution < -0.4 is 10.6 Å². The molecule has 0 aliphatic heterocycles. The highest BCUT2D eigenvalue weighted by Crippen LogP contribution is 2.10. The van der Waals surface area contributed by atoms with Gasteiger partial charge in [-0.05, 0) is 40.0 Å². The van der Waals surface area contributed by atoms with Gasteiger partial charge in [0.25, 0.3) is 0 Å². The minimum atomic E-state index is 0.0911. The summed E-state index contributed by atoms with van der Waals surface area (Å²) in [5, 5.41) is 6.39. The van der Waals surface area contributed by atoms with Crippen molar-refractivity contribution in [3.05, 3.63) is 12.2 Å². The number of rotatable bonds is 4. The third-order valence-electron chi connectivity index (χ3n) is 2.64. The van der Waals surface area contributed by atoms with Gasteiger partial charge in [0.15, 0.2) is 0 Å². The molecule has 0 heterocycles. The van der Waals surface area contributed by atoms with Gasteiger partial charge in [-0.1, -0.05) is 12.2 Å². The van der Waals surface area contributed by atoms with Crippen LogP contribution in [-0.4, -0.2) is 24.0 Å². The molecule has 1 amide bonds. The second kappa shape index (κ2) is 6.04. The van der Waals surface area contributed by atoms with Gasteiger partial charge in [0.1, 0.15) is 0 Å². The maximum atomic E-state index is 11.6. The van der Waals surface area contributed by atoms with Crippen molar-refractivity contribution in [1.29, 1.82) is 0 Å². The van der Waals surface area contributed by atoms with E-state index in [0.717, 1.165) is 25.8 Å². The number of carbonyl (C=O) groups is 1. The average molecular weight is 224 g/mol. The Morgan fingerprint density at radius 2 is 2.12 bits per heavy atom. The Balaban J connectivity index is 2.13. The zero-order valence-electron chi connectivity index (χ0n) is 10.7. The predicted octanol–water partition coefficient (Wildman–Crippen LogP) is 1.99. The summed E-state index contributed by atoms with van der Waals surface area (Å²) in [7, 11) is 0. The molecule has 0 fully saturated rings. The van der Waals surface area contributed by atoms with Gasteiger partial charge < -0.3 is 10.6 Å². The summed E-state index contributed by atoms with van der Waals surface area (Å²) in [6.07, 6.45) is 8.06. The van der Waals surface area contributed by atoms with E-state index < -0.39 is 0 Å². The van der Waals surface area contributed by atoms with Crippen molar-refractivity contribution >= 4 is 5.91 Å². The van der Waals surface area contributed by atoms with Gasteiger partial charge in [-0.15, -0.1) is 0 Å². The van der Waals surface area contributed by atoms with Crippen LogP contribution in [0.5, 0.6) is 0 Å². The maximum Gasteiger partial charge on any atom is 0.221 e. The molecule has 3 nitrogen and oxygen atoms in total. The molecule has 1 aliphatic rings. The number of hydrogen-bond donors (Lipinski definition) is 2. The van der Waals surface area contributed by atoms with Gasteiger partial charge >= 0.3 is 0 Å². The van der Waals surface area contributed by atoms with Gasteiger partial charge in [0.2, 0.25) is 5.91 Å². The first kappa shape index (κ1) is 13.2. The van der Waals surface area contributed by atoms with E-state index in [0.29, 0.717) is 12.5 Å². The monoisotopic (exact) mass is 224 g/mol. The molecule has 0 radical (unpaired) electrons. The first-order valence-corrected chi connectivity index (χ1v) is 6.17. The molecule has 1 unspecified atom stereocenters. The number of amides is 1. The fourth-order valence-corrected chi connectivity index (χ4v) is 1.78. The quantitative estimate of drug-likeness (QED) is 0.717. The molecule has 1 atom stereocenters. The molecule has 92 valence electrons. The molecule has 1 rings (SSSR count). The van der Waals surface area contributed by atoms with Gasteiger partial charge in [0, 0.05) is 24.5 Å². The Bertz CT molecular complexity index is 253. The average Bonchev–Trinajstić information content (AvgIpc) is 2.17. The van der Waals surface area contributed by atoms with E-state index in [4.69, 9.17) is 0 Å². The van der Waals surface area contributed by atoms with E-state index in [9.17, 15) is 4.79 Å². The highest BCUT2D eigenvalue weighted by atomic mass is 16.1. The fraction of sp³-hybridized carbons (Fsp3) is 0.769. The Hall–Kier alpha value is -0.830. The molecule has 16 heavy (non-hydrogen) atoms. The van der Waals surface area contributed by atoms with Crippen LogP contribution >= 0.6 is 0 Å². The molecule has 0 aromatic rings. The lowest BCUT2D eigenvalue weighted by atomic mass is 10.0. The van der Waals surface area contributed by atoms with Gasteiger partial charge in [-0.3, -0.25) is 4.79 Å². The minimum absolute atomic E-state index is 0.0911. The number of carbonyl (C=O) groups excluding carboxylic acids is 1. The lowest BCUT2D eigenvalue weighted by Gasteiger charge is -2.22. The Kier molecular flexibility index (Phi) is 5.00. The second-order valence-electron chi connectivity index (χ2n) is 5.48. The molecule has 0 aromatic heterocycles. The number of nitrogens with one attached hydrogen (secondary N) is 2. The first-order valence-electron chi connectivity index (χ1n) is 6.17. The molecule has 1 aliphatic carbocycles. The van der Waals surface area contributed by atoms with Gasteiger partial charge in [-0.2, -0.15) is 0 Å². The Labute approximate surface area is 98.7 Å². The van der Waals surface area contributed by atoms with Crippen LogP contribution in [0.4, 0.5) is 0 Å². The third kappa shape index (κ3) is 5.91. The topological polar surface area (TPSA) is 41.1 Å². The van der Waals surface area contributed by atoms with Crippen LogP contribution in [0, 0.1) is 0 Å². The highest BCUT2D eigenvalue weighted by molar-refractivity contribution is 5.76. The summed E-state index contributed by atoms with van der Waals surface area (Å²) in [4.78, 5) is 11.6. The number of hydrogen-bond acceptors (Lipinski definition) is 2. The van der Waals surface area contributed by atoms with E-state index in [1.807, 2.05) is 0 Å². The first-order chi connectivity index (χ1) is 7.47. The molecular formula is C13H24N2O. The highest BCUT2D eigenvalue weighted by Gasteiger charge is 2.13.